The first-order valence-corrected chi connectivity index (χ1v) is 23.7. The van der Waals surface area contributed by atoms with Crippen molar-refractivity contribution >= 4 is 29.6 Å². The van der Waals surface area contributed by atoms with Crippen molar-refractivity contribution in [2.75, 3.05) is 80.5 Å². The summed E-state index contributed by atoms with van der Waals surface area (Å²) < 4.78 is 22.7. The number of ether oxygens (including phenoxy) is 4. The van der Waals surface area contributed by atoms with Crippen molar-refractivity contribution in [3.8, 4) is 0 Å². The van der Waals surface area contributed by atoms with Gasteiger partial charge in [-0.2, -0.15) is 0 Å². The number of likely N-dealkylation sites (N-methyl/N-ethyl adjacent to an activating group) is 2. The zero-order valence-corrected chi connectivity index (χ0v) is 41.1. The number of hydrogen-bond acceptors (Lipinski definition) is 12. The number of carboxylic acids is 1. The highest BCUT2D eigenvalue weighted by Gasteiger charge is 2.40. The van der Waals surface area contributed by atoms with Crippen molar-refractivity contribution in [3.63, 3.8) is 0 Å². The molecule has 1 unspecified atom stereocenters. The third-order valence-electron chi connectivity index (χ3n) is 12.6. The van der Waals surface area contributed by atoms with Crippen molar-refractivity contribution in [1.29, 1.82) is 0 Å². The molecule has 2 rings (SSSR count). The Morgan fingerprint density at radius 2 is 1.48 bits per heavy atom. The van der Waals surface area contributed by atoms with Gasteiger partial charge in [-0.1, -0.05) is 91.6 Å². The number of likely N-dealkylation sites (tertiary alicyclic amines) is 1. The standard InChI is InChI=1S/C48H84N6O11/c1-11-35(6)44(53(9)47(58)42(33(2)3)51-46(57)43(34(4)5)52(8)23-24-62-25-26-63-27-28-64-29-30-65-49)40(61-10)32-41(55)54-22-16-21-38(54)20-15-17-36(7)45(56)50-39(48(59)60)31-37-18-13-12-14-19-37/h12-14,18-19,33-36,38-40,42-44H,11,15-17,20-32,49H2,1-10H3,(H,50,56)(H,51,57)(H,59,60)/t35-,36+,38+,39-,40+,42-,43-,44?/m0/s1. The summed E-state index contributed by atoms with van der Waals surface area (Å²) in [6.07, 6.45) is 4.12. The smallest absolute Gasteiger partial charge is 0.326 e. The van der Waals surface area contributed by atoms with Crippen LogP contribution in [0.3, 0.4) is 0 Å². The molecule has 0 saturated carbocycles. The molecule has 1 heterocycles. The Morgan fingerprint density at radius 3 is 2.03 bits per heavy atom. The van der Waals surface area contributed by atoms with Gasteiger partial charge in [0.2, 0.25) is 23.6 Å². The Kier molecular flexibility index (Phi) is 27.6. The first-order chi connectivity index (χ1) is 31.0. The van der Waals surface area contributed by atoms with Crippen LogP contribution in [0.2, 0.25) is 0 Å². The summed E-state index contributed by atoms with van der Waals surface area (Å²) in [5.74, 6) is 2.38. The third kappa shape index (κ3) is 20.0. The molecule has 5 N–H and O–H groups in total. The molecule has 372 valence electrons. The molecule has 65 heavy (non-hydrogen) atoms. The highest BCUT2D eigenvalue weighted by Crippen LogP contribution is 2.28. The van der Waals surface area contributed by atoms with E-state index in [4.69, 9.17) is 24.8 Å². The quantitative estimate of drug-likeness (QED) is 0.0572. The normalized spacial score (nSPS) is 17.4. The second-order valence-electron chi connectivity index (χ2n) is 18.2. The van der Waals surface area contributed by atoms with E-state index in [0.717, 1.165) is 24.8 Å². The SMILES string of the molecule is CC[C@H](C)C([C@@H](CC(=O)N1CCC[C@H]1CCC[C@@H](C)C(=O)N[C@@H](Cc1ccccc1)C(=O)O)OC)N(C)C(=O)[C@@H](NC(=O)[C@H](C(C)C)N(C)CCOCCOCCOCCON)C(C)C. The molecule has 17 nitrogen and oxygen atoms in total. The van der Waals surface area contributed by atoms with Gasteiger partial charge < -0.3 is 49.3 Å². The summed E-state index contributed by atoms with van der Waals surface area (Å²) in [4.78, 5) is 77.5. The van der Waals surface area contributed by atoms with E-state index in [1.165, 1.54) is 0 Å². The number of methoxy groups -OCH3 is 1. The van der Waals surface area contributed by atoms with Crippen LogP contribution in [-0.4, -0.2) is 166 Å². The van der Waals surface area contributed by atoms with Crippen molar-refractivity contribution < 1.29 is 52.9 Å². The topological polar surface area (TPSA) is 212 Å². The lowest BCUT2D eigenvalue weighted by Gasteiger charge is -2.41. The van der Waals surface area contributed by atoms with Gasteiger partial charge in [0.25, 0.3) is 0 Å². The summed E-state index contributed by atoms with van der Waals surface area (Å²) in [6.45, 7) is 17.6. The number of rotatable bonds is 34. The van der Waals surface area contributed by atoms with Crippen LogP contribution in [-0.2, 0) is 54.2 Å². The third-order valence-corrected chi connectivity index (χ3v) is 12.6. The maximum atomic E-state index is 14.5. The lowest BCUT2D eigenvalue weighted by molar-refractivity contribution is -0.146. The van der Waals surface area contributed by atoms with E-state index in [2.05, 4.69) is 22.4 Å². The van der Waals surface area contributed by atoms with Crippen molar-refractivity contribution in [2.45, 2.75) is 136 Å². The van der Waals surface area contributed by atoms with Crippen LogP contribution < -0.4 is 16.5 Å². The van der Waals surface area contributed by atoms with Gasteiger partial charge in [0.15, 0.2) is 0 Å². The molecule has 4 amide bonds. The van der Waals surface area contributed by atoms with Gasteiger partial charge in [-0.3, -0.25) is 24.1 Å². The monoisotopic (exact) mass is 921 g/mol. The largest absolute Gasteiger partial charge is 0.480 e. The van der Waals surface area contributed by atoms with Crippen LogP contribution in [0.4, 0.5) is 0 Å². The zero-order valence-electron chi connectivity index (χ0n) is 41.1. The van der Waals surface area contributed by atoms with Gasteiger partial charge in [-0.25, -0.2) is 10.7 Å². The van der Waals surface area contributed by atoms with Crippen LogP contribution in [0.25, 0.3) is 0 Å². The minimum Gasteiger partial charge on any atom is -0.480 e. The Hall–Kier alpha value is -3.71. The van der Waals surface area contributed by atoms with Gasteiger partial charge in [-0.15, -0.1) is 0 Å². The average Bonchev–Trinajstić information content (AvgIpc) is 3.75. The first kappa shape index (κ1) is 57.4. The van der Waals surface area contributed by atoms with Crippen molar-refractivity contribution in [2.24, 2.45) is 29.6 Å². The van der Waals surface area contributed by atoms with Crippen LogP contribution >= 0.6 is 0 Å². The molecule has 8 atom stereocenters. The first-order valence-electron chi connectivity index (χ1n) is 23.7. The summed E-state index contributed by atoms with van der Waals surface area (Å²) >= 11 is 0. The molecule has 0 radical (unpaired) electrons. The summed E-state index contributed by atoms with van der Waals surface area (Å²) in [5.41, 5.74) is 0.831. The van der Waals surface area contributed by atoms with Crippen LogP contribution in [0.15, 0.2) is 30.3 Å². The van der Waals surface area contributed by atoms with E-state index in [1.807, 2.05) is 81.8 Å². The molecular formula is C48H84N6O11. The molecule has 1 aliphatic heterocycles. The molecule has 1 aromatic rings. The van der Waals surface area contributed by atoms with E-state index in [-0.39, 0.29) is 60.3 Å². The predicted octanol–water partition coefficient (Wildman–Crippen LogP) is 3.91. The maximum Gasteiger partial charge on any atom is 0.326 e. The molecule has 0 spiro atoms. The van der Waals surface area contributed by atoms with Crippen molar-refractivity contribution in [1.82, 2.24) is 25.3 Å². The van der Waals surface area contributed by atoms with Gasteiger partial charge in [0, 0.05) is 45.6 Å². The summed E-state index contributed by atoms with van der Waals surface area (Å²) in [6, 6.07) is 6.44. The summed E-state index contributed by atoms with van der Waals surface area (Å²) in [5, 5.41) is 15.6. The summed E-state index contributed by atoms with van der Waals surface area (Å²) in [7, 11) is 5.19. The fourth-order valence-corrected chi connectivity index (χ4v) is 8.62. The van der Waals surface area contributed by atoms with Gasteiger partial charge >= 0.3 is 5.97 Å². The minimum absolute atomic E-state index is 0.00784. The van der Waals surface area contributed by atoms with Crippen LogP contribution in [0, 0.1) is 23.7 Å². The molecule has 1 aromatic carbocycles. The number of nitrogens with zero attached hydrogens (tertiary/aromatic N) is 3. The van der Waals surface area contributed by atoms with Gasteiger partial charge in [-0.05, 0) is 56.0 Å². The molecule has 17 heteroatoms. The van der Waals surface area contributed by atoms with E-state index in [9.17, 15) is 29.1 Å². The number of hydrogen-bond donors (Lipinski definition) is 4. The molecule has 0 aliphatic carbocycles. The van der Waals surface area contributed by atoms with Crippen LogP contribution in [0.1, 0.15) is 99.0 Å². The molecule has 1 fully saturated rings. The Balaban J connectivity index is 2.01. The van der Waals surface area contributed by atoms with Gasteiger partial charge in [0.1, 0.15) is 12.1 Å². The fraction of sp³-hybridized carbons (Fsp3) is 0.771. The number of carbonyl (C=O) groups is 5. The average molecular weight is 921 g/mol. The molecule has 1 saturated heterocycles. The molecule has 0 aromatic heterocycles. The molecular weight excluding hydrogens is 837 g/mol. The highest BCUT2D eigenvalue weighted by molar-refractivity contribution is 5.90. The number of benzene rings is 1. The number of aliphatic carboxylic acids is 1. The lowest BCUT2D eigenvalue weighted by atomic mass is 9.89. The van der Waals surface area contributed by atoms with E-state index in [1.54, 1.807) is 26.0 Å². The van der Waals surface area contributed by atoms with E-state index in [0.29, 0.717) is 78.6 Å². The van der Waals surface area contributed by atoms with Gasteiger partial charge in [0.05, 0.1) is 70.9 Å². The van der Waals surface area contributed by atoms with E-state index < -0.39 is 42.2 Å². The minimum atomic E-state index is -1.08. The number of carboxylic acid groups (broad SMARTS) is 1. The number of carbonyl (C=O) groups excluding carboxylic acids is 4. The molecule has 1 aliphatic rings. The van der Waals surface area contributed by atoms with Crippen LogP contribution in [0.5, 0.6) is 0 Å². The number of nitrogens with two attached hydrogens (primary N) is 1. The number of nitrogens with one attached hydrogen (secondary N) is 2. The zero-order chi connectivity index (χ0) is 48.5. The maximum absolute atomic E-state index is 14.5. The highest BCUT2D eigenvalue weighted by atomic mass is 16.6. The fourth-order valence-electron chi connectivity index (χ4n) is 8.62. The van der Waals surface area contributed by atoms with E-state index >= 15 is 0 Å². The van der Waals surface area contributed by atoms with Crippen molar-refractivity contribution in [3.05, 3.63) is 35.9 Å². The second-order valence-corrected chi connectivity index (χ2v) is 18.2. The predicted molar refractivity (Wildman–Crippen MR) is 250 cm³/mol. The molecule has 0 bridgehead atoms. The Bertz CT molecular complexity index is 1540. The number of amides is 4. The Morgan fingerprint density at radius 1 is 0.862 bits per heavy atom. The Labute approximate surface area is 389 Å². The second kappa shape index (κ2) is 31.3. The lowest BCUT2D eigenvalue weighted by Crippen LogP contribution is -2.60.